The predicted octanol–water partition coefficient (Wildman–Crippen LogP) is 16.9. The monoisotopic (exact) mass is 1050 g/mol. The van der Waals surface area contributed by atoms with Crippen LogP contribution < -0.4 is 0 Å². The molecule has 2 aliphatic rings. The van der Waals surface area contributed by atoms with Crippen molar-refractivity contribution in [1.82, 2.24) is 0 Å². The molecule has 6 aromatic rings. The minimum atomic E-state index is -6.51. The van der Waals surface area contributed by atoms with Gasteiger partial charge in [-0.25, -0.2) is 0 Å². The molecule has 0 amide bonds. The zero-order valence-corrected chi connectivity index (χ0v) is 40.3. The van der Waals surface area contributed by atoms with Gasteiger partial charge in [-0.15, -0.1) is 0 Å². The van der Waals surface area contributed by atoms with Crippen LogP contribution in [-0.2, 0) is 38.8 Å². The van der Waals surface area contributed by atoms with Gasteiger partial charge in [0.2, 0.25) is 0 Å². The molecule has 0 aliphatic heterocycles. The number of fused-ring (bicyclic) bond motifs is 3. The maximum atomic E-state index is 14.1. The summed E-state index contributed by atoms with van der Waals surface area (Å²) in [5, 5.41) is 0. The van der Waals surface area contributed by atoms with Gasteiger partial charge in [0, 0.05) is 0 Å². The molecule has 0 aromatic heterocycles. The van der Waals surface area contributed by atoms with Crippen LogP contribution in [0, 0.1) is 0 Å². The van der Waals surface area contributed by atoms with E-state index in [1.807, 2.05) is 60.7 Å². The van der Waals surface area contributed by atoms with E-state index < -0.39 is 46.5 Å². The van der Waals surface area contributed by atoms with E-state index in [1.165, 1.54) is 24.3 Å². The fraction of sp³-hybridized carbons (Fsp3) is 0.226. The van der Waals surface area contributed by atoms with Crippen molar-refractivity contribution in [2.24, 2.45) is 0 Å². The molecule has 0 saturated heterocycles. The number of benzene rings is 6. The summed E-state index contributed by atoms with van der Waals surface area (Å²) in [6.07, 6.45) is -1.63. The SMILES string of the molecule is CC(C)(C)c1cc2c(cc1-c1ccccc1)[CH]([Hf]([Cl])([Cl])(=[C](c1ccc(C(F)(F)F)cc1)c1ccc(C(F)(F)F)cc1)[CH]1C=CC=C1)c1cc(-c3ccccc3)c(C(C)(C)C)cc1-2. The summed E-state index contributed by atoms with van der Waals surface area (Å²) in [7, 11) is 17.6. The van der Waals surface area contributed by atoms with E-state index in [2.05, 4.69) is 90.1 Å². The molecule has 6 aromatic carbocycles. The summed E-state index contributed by atoms with van der Waals surface area (Å²) in [4.78, 5) is 0. The van der Waals surface area contributed by atoms with Crippen molar-refractivity contribution in [3.8, 4) is 33.4 Å². The van der Waals surface area contributed by atoms with Gasteiger partial charge in [0.05, 0.1) is 0 Å². The van der Waals surface area contributed by atoms with Crippen LogP contribution in [0.25, 0.3) is 33.4 Å². The fourth-order valence-corrected chi connectivity index (χ4v) is 37.3. The molecule has 9 heteroatoms. The molecule has 0 N–H and O–H groups in total. The number of hydrogen-bond donors (Lipinski definition) is 0. The van der Waals surface area contributed by atoms with E-state index in [0.29, 0.717) is 14.4 Å². The third-order valence-corrected chi connectivity index (χ3v) is 40.6. The van der Waals surface area contributed by atoms with Crippen LogP contribution in [0.1, 0.15) is 89.7 Å². The van der Waals surface area contributed by atoms with Crippen LogP contribution in [0.2, 0.25) is 3.67 Å². The van der Waals surface area contributed by atoms with Gasteiger partial charge in [0.1, 0.15) is 0 Å². The van der Waals surface area contributed by atoms with E-state index >= 15 is 0 Å². The van der Waals surface area contributed by atoms with Crippen molar-refractivity contribution in [1.29, 1.82) is 0 Å². The van der Waals surface area contributed by atoms with Gasteiger partial charge in [-0.3, -0.25) is 0 Å². The molecular formula is C53H46Cl2F6Hf. The molecule has 0 nitrogen and oxygen atoms in total. The summed E-state index contributed by atoms with van der Waals surface area (Å²) in [6.45, 7) is 13.1. The molecule has 8 rings (SSSR count). The molecule has 0 bridgehead atoms. The Bertz CT molecular complexity index is 2630. The van der Waals surface area contributed by atoms with Crippen molar-refractivity contribution in [3.63, 3.8) is 0 Å². The average Bonchev–Trinajstić information content (AvgIpc) is 3.88. The summed E-state index contributed by atoms with van der Waals surface area (Å²) >= 11 is -6.51. The molecule has 0 fully saturated rings. The molecule has 318 valence electrons. The van der Waals surface area contributed by atoms with Crippen molar-refractivity contribution < 1.29 is 42.0 Å². The van der Waals surface area contributed by atoms with Crippen molar-refractivity contribution in [3.05, 3.63) is 202 Å². The third kappa shape index (κ3) is 7.74. The fourth-order valence-electron chi connectivity index (χ4n) is 9.53. The van der Waals surface area contributed by atoms with Gasteiger partial charge in [-0.2, -0.15) is 0 Å². The van der Waals surface area contributed by atoms with Crippen LogP contribution in [-0.4, -0.2) is 3.26 Å². The van der Waals surface area contributed by atoms with Gasteiger partial charge >= 0.3 is 370 Å². The normalized spacial score (nSPS) is 15.0. The Labute approximate surface area is 367 Å². The number of hydrogen-bond acceptors (Lipinski definition) is 0. The first-order valence-corrected chi connectivity index (χ1v) is 35.5. The van der Waals surface area contributed by atoms with Crippen LogP contribution in [0.3, 0.4) is 0 Å². The molecule has 0 spiro atoms. The summed E-state index contributed by atoms with van der Waals surface area (Å²) in [5.74, 6) is 0. The Balaban J connectivity index is 1.60. The maximum absolute atomic E-state index is 14.1. The zero-order valence-electron chi connectivity index (χ0n) is 35.2. The van der Waals surface area contributed by atoms with Crippen LogP contribution >= 0.6 is 17.2 Å². The Hall–Kier alpha value is -4.30. The van der Waals surface area contributed by atoms with Crippen LogP contribution in [0.15, 0.2) is 158 Å². The van der Waals surface area contributed by atoms with Crippen LogP contribution in [0.5, 0.6) is 0 Å². The number of rotatable bonds is 6. The minimum absolute atomic E-state index is 0.315. The quantitative estimate of drug-likeness (QED) is 0.115. The van der Waals surface area contributed by atoms with Gasteiger partial charge in [0.15, 0.2) is 0 Å². The summed E-state index contributed by atoms with van der Waals surface area (Å²) in [5.41, 5.74) is 8.12. The molecule has 0 saturated carbocycles. The van der Waals surface area contributed by atoms with E-state index in [9.17, 15) is 26.3 Å². The first-order valence-electron chi connectivity index (χ1n) is 20.6. The van der Waals surface area contributed by atoms with E-state index in [0.717, 1.165) is 79.9 Å². The Morgan fingerprint density at radius 1 is 0.468 bits per heavy atom. The van der Waals surface area contributed by atoms with Gasteiger partial charge in [-0.1, -0.05) is 0 Å². The standard InChI is InChI=1S/C33H33.C15H8F6.C5H5.2ClH.Hf/c1-32(2,3)30-20-26-24(18-28(30)22-13-9-7-10-14-22)17-25-19-29(23-15-11-8-12-16-23)31(21-27(25)26)33(4,5)6;16-14(17,18)12-5-1-10(2-6-12)9-11-3-7-13(8-4-11)15(19,20)21;1-2-4-5-3-1;;;/h7-21H,1-6H3;1-8H;1-5H;2*1H;/q;;;;;+2/p-2. The molecular weight excluding hydrogens is 1000 g/mol. The second-order valence-corrected chi connectivity index (χ2v) is 48.1. The first kappa shape index (κ1) is 44.3. The van der Waals surface area contributed by atoms with E-state index in [1.54, 1.807) is 0 Å². The third-order valence-electron chi connectivity index (χ3n) is 12.4. The Kier molecular flexibility index (Phi) is 11.0. The van der Waals surface area contributed by atoms with E-state index in [4.69, 9.17) is 17.2 Å². The number of allylic oxidation sites excluding steroid dienone is 4. The summed E-state index contributed by atoms with van der Waals surface area (Å²) in [6, 6.07) is 38.5. The Morgan fingerprint density at radius 3 is 1.15 bits per heavy atom. The second kappa shape index (κ2) is 15.5. The Morgan fingerprint density at radius 2 is 0.823 bits per heavy atom. The number of halogens is 8. The average molecular weight is 1050 g/mol. The van der Waals surface area contributed by atoms with Crippen molar-refractivity contribution in [2.75, 3.05) is 0 Å². The van der Waals surface area contributed by atoms with Gasteiger partial charge in [-0.05, 0) is 0 Å². The molecule has 0 unspecified atom stereocenters. The van der Waals surface area contributed by atoms with Crippen molar-refractivity contribution >= 4 is 20.4 Å². The van der Waals surface area contributed by atoms with E-state index in [-0.39, 0.29) is 10.8 Å². The van der Waals surface area contributed by atoms with Gasteiger partial charge < -0.3 is 0 Å². The van der Waals surface area contributed by atoms with Crippen LogP contribution in [0.4, 0.5) is 26.3 Å². The molecule has 0 atom stereocenters. The molecule has 0 radical (unpaired) electrons. The summed E-state index contributed by atoms with van der Waals surface area (Å²) < 4.78 is 84.0. The topological polar surface area (TPSA) is 0 Å². The number of alkyl halides is 6. The second-order valence-electron chi connectivity index (χ2n) is 18.6. The van der Waals surface area contributed by atoms with Crippen molar-refractivity contribution in [2.45, 2.75) is 72.1 Å². The predicted molar refractivity (Wildman–Crippen MR) is 242 cm³/mol. The van der Waals surface area contributed by atoms with Gasteiger partial charge in [0.25, 0.3) is 0 Å². The molecule has 62 heavy (non-hydrogen) atoms. The molecule has 2 aliphatic carbocycles. The molecule has 0 heterocycles. The zero-order chi connectivity index (χ0) is 44.6. The first-order chi connectivity index (χ1) is 29.0.